The molecule has 0 amide bonds. The lowest BCUT2D eigenvalue weighted by atomic mass is 10.1. The average Bonchev–Trinajstić information content (AvgIpc) is 2.44. The predicted molar refractivity (Wildman–Crippen MR) is 83.3 cm³/mol. The van der Waals surface area contributed by atoms with Gasteiger partial charge >= 0.3 is 0 Å². The van der Waals surface area contributed by atoms with Gasteiger partial charge in [0.25, 0.3) is 0 Å². The van der Waals surface area contributed by atoms with Crippen LogP contribution >= 0.6 is 11.6 Å². The molecule has 0 aliphatic heterocycles. The van der Waals surface area contributed by atoms with Crippen molar-refractivity contribution in [2.24, 2.45) is 0 Å². The van der Waals surface area contributed by atoms with E-state index < -0.39 is 16.6 Å². The lowest BCUT2D eigenvalue weighted by molar-refractivity contribution is -0.116. The molecule has 2 nitrogen and oxygen atoms in total. The van der Waals surface area contributed by atoms with Gasteiger partial charge in [0.05, 0.1) is 11.5 Å². The highest BCUT2D eigenvalue weighted by molar-refractivity contribution is 7.84. The highest BCUT2D eigenvalue weighted by Gasteiger charge is 2.13. The standard InChI is InChI=1S/C16H14ClFO2S/c17-15-7-3-1-6-13(15)10-21(20)11-14(19)9-12-5-2-4-8-16(12)18/h1-8H,9-11H2. The predicted octanol–water partition coefficient (Wildman–Crippen LogP) is 3.54. The Hall–Kier alpha value is -1.52. The second-order valence-corrected chi connectivity index (χ2v) is 6.49. The maximum Gasteiger partial charge on any atom is 0.149 e. The van der Waals surface area contributed by atoms with E-state index in [-0.39, 0.29) is 23.7 Å². The van der Waals surface area contributed by atoms with Crippen molar-refractivity contribution in [3.8, 4) is 0 Å². The molecule has 0 saturated heterocycles. The summed E-state index contributed by atoms with van der Waals surface area (Å²) >= 11 is 5.99. The Kier molecular flexibility index (Phi) is 5.65. The van der Waals surface area contributed by atoms with Crippen LogP contribution in [-0.4, -0.2) is 15.7 Å². The highest BCUT2D eigenvalue weighted by atomic mass is 35.5. The summed E-state index contributed by atoms with van der Waals surface area (Å²) in [4.78, 5) is 11.9. The van der Waals surface area contributed by atoms with Gasteiger partial charge in [0.15, 0.2) is 0 Å². The Morgan fingerprint density at radius 1 is 1.05 bits per heavy atom. The van der Waals surface area contributed by atoms with E-state index in [1.807, 2.05) is 0 Å². The van der Waals surface area contributed by atoms with Crippen molar-refractivity contribution < 1.29 is 13.4 Å². The molecule has 0 aliphatic carbocycles. The summed E-state index contributed by atoms with van der Waals surface area (Å²) in [5.74, 6) is -0.532. The van der Waals surface area contributed by atoms with Crippen molar-refractivity contribution in [3.63, 3.8) is 0 Å². The third-order valence-corrected chi connectivity index (χ3v) is 4.59. The van der Waals surface area contributed by atoms with Crippen molar-refractivity contribution in [2.75, 3.05) is 5.75 Å². The lowest BCUT2D eigenvalue weighted by Crippen LogP contribution is -2.15. The first kappa shape index (κ1) is 15.9. The van der Waals surface area contributed by atoms with Crippen LogP contribution in [0.1, 0.15) is 11.1 Å². The summed E-state index contributed by atoms with van der Waals surface area (Å²) in [5, 5.41) is 0.535. The third kappa shape index (κ3) is 4.76. The first-order chi connectivity index (χ1) is 10.1. The topological polar surface area (TPSA) is 34.1 Å². The molecule has 110 valence electrons. The van der Waals surface area contributed by atoms with Gasteiger partial charge in [-0.25, -0.2) is 4.39 Å². The van der Waals surface area contributed by atoms with Crippen molar-refractivity contribution in [2.45, 2.75) is 12.2 Å². The number of hydrogen-bond donors (Lipinski definition) is 0. The Bertz CT molecular complexity index is 615. The van der Waals surface area contributed by atoms with Crippen LogP contribution < -0.4 is 0 Å². The van der Waals surface area contributed by atoms with E-state index in [0.717, 1.165) is 5.56 Å². The highest BCUT2D eigenvalue weighted by Crippen LogP contribution is 2.17. The van der Waals surface area contributed by atoms with Crippen LogP contribution in [0, 0.1) is 5.82 Å². The zero-order valence-corrected chi connectivity index (χ0v) is 12.8. The molecule has 1 unspecified atom stereocenters. The fraction of sp³-hybridized carbons (Fsp3) is 0.188. The monoisotopic (exact) mass is 324 g/mol. The first-order valence-corrected chi connectivity index (χ1v) is 8.26. The second kappa shape index (κ2) is 7.48. The fourth-order valence-corrected chi connectivity index (χ4v) is 3.37. The largest absolute Gasteiger partial charge is 0.298 e. The maximum absolute atomic E-state index is 13.4. The van der Waals surface area contributed by atoms with Gasteiger partial charge in [-0.1, -0.05) is 48.0 Å². The summed E-state index contributed by atoms with van der Waals surface area (Å²) in [6, 6.07) is 13.2. The van der Waals surface area contributed by atoms with E-state index in [1.165, 1.54) is 6.07 Å². The molecule has 0 N–H and O–H groups in total. The summed E-state index contributed by atoms with van der Waals surface area (Å²) in [6.07, 6.45) is -0.0407. The molecule has 5 heteroatoms. The molecule has 0 spiro atoms. The number of carbonyl (C=O) groups is 1. The molecule has 21 heavy (non-hydrogen) atoms. The molecule has 2 aromatic carbocycles. The molecule has 0 heterocycles. The van der Waals surface area contributed by atoms with Crippen LogP contribution in [0.5, 0.6) is 0 Å². The molecule has 0 aromatic heterocycles. The van der Waals surface area contributed by atoms with Crippen molar-refractivity contribution in [1.29, 1.82) is 0 Å². The number of halogens is 2. The van der Waals surface area contributed by atoms with E-state index in [9.17, 15) is 13.4 Å². The molecule has 1 atom stereocenters. The number of ketones is 1. The van der Waals surface area contributed by atoms with Gasteiger partial charge in [0.1, 0.15) is 11.6 Å². The summed E-state index contributed by atoms with van der Waals surface area (Å²) in [6.45, 7) is 0. The van der Waals surface area contributed by atoms with Crippen molar-refractivity contribution in [3.05, 3.63) is 70.5 Å². The van der Waals surface area contributed by atoms with E-state index >= 15 is 0 Å². The van der Waals surface area contributed by atoms with Gasteiger partial charge in [0, 0.05) is 22.2 Å². The molecule has 2 rings (SSSR count). The van der Waals surface area contributed by atoms with Gasteiger partial charge in [0.2, 0.25) is 0 Å². The summed E-state index contributed by atoms with van der Waals surface area (Å²) in [5.41, 5.74) is 1.08. The van der Waals surface area contributed by atoms with Crippen LogP contribution in [0.3, 0.4) is 0 Å². The fourth-order valence-electron chi connectivity index (χ4n) is 1.92. The van der Waals surface area contributed by atoms with Crippen molar-refractivity contribution >= 4 is 28.2 Å². The van der Waals surface area contributed by atoms with Crippen LogP contribution in [0.25, 0.3) is 0 Å². The molecule has 0 aliphatic rings. The molecular weight excluding hydrogens is 311 g/mol. The summed E-state index contributed by atoms with van der Waals surface area (Å²) < 4.78 is 25.4. The molecule has 2 aromatic rings. The van der Waals surface area contributed by atoms with E-state index in [2.05, 4.69) is 0 Å². The normalized spacial score (nSPS) is 12.1. The van der Waals surface area contributed by atoms with Crippen LogP contribution in [0.15, 0.2) is 48.5 Å². The lowest BCUT2D eigenvalue weighted by Gasteiger charge is -2.05. The minimum atomic E-state index is -1.35. The Labute approximate surface area is 130 Å². The maximum atomic E-state index is 13.4. The van der Waals surface area contributed by atoms with Crippen LogP contribution in [0.2, 0.25) is 5.02 Å². The Morgan fingerprint density at radius 3 is 2.33 bits per heavy atom. The minimum absolute atomic E-state index is 0.0407. The second-order valence-electron chi connectivity index (χ2n) is 4.63. The molecule has 0 bridgehead atoms. The molecule has 0 radical (unpaired) electrons. The number of Topliss-reactive ketones (excluding diaryl/α,β-unsaturated/α-hetero) is 1. The van der Waals surface area contributed by atoms with E-state index in [0.29, 0.717) is 10.6 Å². The third-order valence-electron chi connectivity index (χ3n) is 2.94. The average molecular weight is 325 g/mol. The quantitative estimate of drug-likeness (QED) is 0.814. The molecule has 0 saturated carbocycles. The van der Waals surface area contributed by atoms with Crippen molar-refractivity contribution in [1.82, 2.24) is 0 Å². The SMILES string of the molecule is O=C(Cc1ccccc1F)CS(=O)Cc1ccccc1Cl. The number of rotatable bonds is 6. The van der Waals surface area contributed by atoms with Gasteiger partial charge in [-0.05, 0) is 23.3 Å². The molecule has 0 fully saturated rings. The van der Waals surface area contributed by atoms with Crippen LogP contribution in [0.4, 0.5) is 4.39 Å². The number of hydrogen-bond acceptors (Lipinski definition) is 2. The van der Waals surface area contributed by atoms with Gasteiger partial charge in [-0.2, -0.15) is 0 Å². The summed E-state index contributed by atoms with van der Waals surface area (Å²) in [7, 11) is -1.35. The zero-order chi connectivity index (χ0) is 15.2. The first-order valence-electron chi connectivity index (χ1n) is 6.40. The van der Waals surface area contributed by atoms with Gasteiger partial charge < -0.3 is 0 Å². The van der Waals surface area contributed by atoms with Crippen LogP contribution in [-0.2, 0) is 27.8 Å². The molecular formula is C16H14ClFO2S. The smallest absolute Gasteiger partial charge is 0.149 e. The van der Waals surface area contributed by atoms with E-state index in [4.69, 9.17) is 11.6 Å². The number of carbonyl (C=O) groups excluding carboxylic acids is 1. The van der Waals surface area contributed by atoms with Gasteiger partial charge in [-0.15, -0.1) is 0 Å². The minimum Gasteiger partial charge on any atom is -0.298 e. The van der Waals surface area contributed by atoms with E-state index in [1.54, 1.807) is 42.5 Å². The Morgan fingerprint density at radius 2 is 1.67 bits per heavy atom. The Balaban J connectivity index is 1.93. The zero-order valence-electron chi connectivity index (χ0n) is 11.2. The number of benzene rings is 2. The van der Waals surface area contributed by atoms with Gasteiger partial charge in [-0.3, -0.25) is 9.00 Å².